The van der Waals surface area contributed by atoms with Crippen molar-refractivity contribution < 1.29 is 14.3 Å². The van der Waals surface area contributed by atoms with E-state index in [1.54, 1.807) is 6.07 Å². The average molecular weight is 278 g/mol. The Balaban J connectivity index is 1.84. The molecule has 108 valence electrons. The fourth-order valence-electron chi connectivity index (χ4n) is 2.06. The zero-order valence-electron chi connectivity index (χ0n) is 11.5. The van der Waals surface area contributed by atoms with Gasteiger partial charge in [-0.05, 0) is 31.4 Å². The average Bonchev–Trinajstić information content (AvgIpc) is 2.53. The van der Waals surface area contributed by atoms with Crippen molar-refractivity contribution in [1.82, 2.24) is 15.1 Å². The molecule has 0 unspecified atom stereocenters. The second-order valence-electron chi connectivity index (χ2n) is 4.59. The number of rotatable bonds is 4. The lowest BCUT2D eigenvalue weighted by atomic mass is 10.1. The summed E-state index contributed by atoms with van der Waals surface area (Å²) in [6.07, 6.45) is 3.33. The van der Waals surface area contributed by atoms with Crippen LogP contribution in [0.2, 0.25) is 0 Å². The number of aromatic nitrogens is 2. The van der Waals surface area contributed by atoms with Crippen LogP contribution in [0.15, 0.2) is 12.1 Å². The summed E-state index contributed by atoms with van der Waals surface area (Å²) >= 11 is 0. The van der Waals surface area contributed by atoms with Crippen molar-refractivity contribution >= 4 is 17.7 Å². The Labute approximate surface area is 117 Å². The quantitative estimate of drug-likeness (QED) is 0.816. The molecule has 0 atom stereocenters. The van der Waals surface area contributed by atoms with Crippen molar-refractivity contribution in [3.63, 3.8) is 0 Å². The minimum Gasteiger partial charge on any atom is -0.464 e. The Bertz CT molecular complexity index is 469. The van der Waals surface area contributed by atoms with E-state index in [1.807, 2.05) is 4.90 Å². The smallest absolute Gasteiger partial charge is 0.358 e. The first kappa shape index (κ1) is 14.2. The molecule has 1 fully saturated rings. The number of carbonyl (C=O) groups is 2. The second kappa shape index (κ2) is 6.83. The van der Waals surface area contributed by atoms with Gasteiger partial charge in [0.25, 0.3) is 0 Å². The molecule has 0 radical (unpaired) electrons. The number of likely N-dealkylation sites (tertiary alicyclic amines) is 1. The molecule has 1 aliphatic heterocycles. The number of ether oxygens (including phenoxy) is 1. The normalized spacial score (nSPS) is 14.8. The van der Waals surface area contributed by atoms with E-state index in [0.29, 0.717) is 5.82 Å². The molecule has 2 rings (SSSR count). The molecule has 1 aromatic rings. The van der Waals surface area contributed by atoms with Gasteiger partial charge in [0.05, 0.1) is 13.7 Å². The van der Waals surface area contributed by atoms with Gasteiger partial charge in [-0.3, -0.25) is 4.79 Å². The number of hydrogen-bond donors (Lipinski definition) is 1. The third-order valence-corrected chi connectivity index (χ3v) is 3.19. The predicted octanol–water partition coefficient (Wildman–Crippen LogP) is 0.688. The summed E-state index contributed by atoms with van der Waals surface area (Å²) in [5, 5.41) is 10.5. The van der Waals surface area contributed by atoms with Gasteiger partial charge in [0.1, 0.15) is 5.82 Å². The minimum absolute atomic E-state index is 0.0588. The standard InChI is InChI=1S/C13H18N4O3/c1-20-13(19)10-5-6-11(16-15-10)14-9-12(18)17-7-3-2-4-8-17/h5-6H,2-4,7-9H2,1H3,(H,14,16). The number of piperidine rings is 1. The molecular formula is C13H18N4O3. The van der Waals surface area contributed by atoms with Crippen molar-refractivity contribution in [3.05, 3.63) is 17.8 Å². The Kier molecular flexibility index (Phi) is 4.86. The summed E-state index contributed by atoms with van der Waals surface area (Å²) in [6.45, 7) is 1.84. The molecule has 0 saturated carbocycles. The molecule has 0 bridgehead atoms. The number of nitrogens with one attached hydrogen (secondary N) is 1. The first-order valence-electron chi connectivity index (χ1n) is 6.64. The number of carbonyl (C=O) groups excluding carboxylic acids is 2. The molecule has 2 heterocycles. The molecule has 1 aromatic heterocycles. The van der Waals surface area contributed by atoms with Gasteiger partial charge < -0.3 is 15.0 Å². The summed E-state index contributed by atoms with van der Waals surface area (Å²) in [5.41, 5.74) is 0.139. The minimum atomic E-state index is -0.534. The van der Waals surface area contributed by atoms with E-state index in [9.17, 15) is 9.59 Å². The molecule has 1 aliphatic rings. The van der Waals surface area contributed by atoms with Crippen molar-refractivity contribution in [3.8, 4) is 0 Å². The van der Waals surface area contributed by atoms with E-state index in [-0.39, 0.29) is 18.1 Å². The highest BCUT2D eigenvalue weighted by Crippen LogP contribution is 2.09. The molecule has 0 spiro atoms. The molecule has 7 nitrogen and oxygen atoms in total. The van der Waals surface area contributed by atoms with Gasteiger partial charge in [-0.15, -0.1) is 10.2 Å². The van der Waals surface area contributed by atoms with Gasteiger partial charge in [-0.25, -0.2) is 4.79 Å². The third-order valence-electron chi connectivity index (χ3n) is 3.19. The van der Waals surface area contributed by atoms with Crippen molar-refractivity contribution in [2.75, 3.05) is 32.1 Å². The first-order chi connectivity index (χ1) is 9.70. The molecule has 0 aliphatic carbocycles. The Hall–Kier alpha value is -2.18. The number of anilines is 1. The number of hydrogen-bond acceptors (Lipinski definition) is 6. The maximum atomic E-state index is 11.9. The lowest BCUT2D eigenvalue weighted by molar-refractivity contribution is -0.130. The van der Waals surface area contributed by atoms with Crippen LogP contribution in [0.4, 0.5) is 5.82 Å². The summed E-state index contributed by atoms with van der Waals surface area (Å²) < 4.78 is 4.53. The summed E-state index contributed by atoms with van der Waals surface area (Å²) in [4.78, 5) is 25.0. The summed E-state index contributed by atoms with van der Waals surface area (Å²) in [5.74, 6) is -0.0139. The van der Waals surface area contributed by atoms with Gasteiger partial charge >= 0.3 is 5.97 Å². The monoisotopic (exact) mass is 278 g/mol. The van der Waals surface area contributed by atoms with E-state index in [4.69, 9.17) is 0 Å². The molecule has 1 amide bonds. The summed E-state index contributed by atoms with van der Waals surface area (Å²) in [6, 6.07) is 3.11. The Morgan fingerprint density at radius 3 is 2.60 bits per heavy atom. The fourth-order valence-corrected chi connectivity index (χ4v) is 2.06. The topological polar surface area (TPSA) is 84.4 Å². The van der Waals surface area contributed by atoms with Crippen LogP contribution in [0, 0.1) is 0 Å². The number of esters is 1. The van der Waals surface area contributed by atoms with Gasteiger partial charge in [0.15, 0.2) is 5.69 Å². The zero-order valence-corrected chi connectivity index (χ0v) is 11.5. The van der Waals surface area contributed by atoms with E-state index in [2.05, 4.69) is 20.3 Å². The Morgan fingerprint density at radius 2 is 2.00 bits per heavy atom. The molecule has 20 heavy (non-hydrogen) atoms. The van der Waals surface area contributed by atoms with Crippen LogP contribution in [0.3, 0.4) is 0 Å². The van der Waals surface area contributed by atoms with E-state index in [1.165, 1.54) is 19.6 Å². The van der Waals surface area contributed by atoms with Crippen LogP contribution in [0.25, 0.3) is 0 Å². The number of nitrogens with zero attached hydrogens (tertiary/aromatic N) is 3. The predicted molar refractivity (Wildman–Crippen MR) is 72.3 cm³/mol. The SMILES string of the molecule is COC(=O)c1ccc(NCC(=O)N2CCCCC2)nn1. The number of methoxy groups -OCH3 is 1. The Morgan fingerprint density at radius 1 is 1.25 bits per heavy atom. The van der Waals surface area contributed by atoms with E-state index in [0.717, 1.165) is 25.9 Å². The van der Waals surface area contributed by atoms with E-state index < -0.39 is 5.97 Å². The molecule has 0 aromatic carbocycles. The maximum Gasteiger partial charge on any atom is 0.358 e. The highest BCUT2D eigenvalue weighted by molar-refractivity contribution is 5.87. The largest absolute Gasteiger partial charge is 0.464 e. The molecule has 1 N–H and O–H groups in total. The third kappa shape index (κ3) is 3.66. The van der Waals surface area contributed by atoms with Crippen LogP contribution in [-0.2, 0) is 9.53 Å². The van der Waals surface area contributed by atoms with Crippen LogP contribution in [-0.4, -0.2) is 53.7 Å². The van der Waals surface area contributed by atoms with Crippen molar-refractivity contribution in [2.45, 2.75) is 19.3 Å². The van der Waals surface area contributed by atoms with Crippen LogP contribution in [0.1, 0.15) is 29.8 Å². The van der Waals surface area contributed by atoms with Crippen LogP contribution >= 0.6 is 0 Å². The lowest BCUT2D eigenvalue weighted by Gasteiger charge is -2.26. The second-order valence-corrected chi connectivity index (χ2v) is 4.59. The zero-order chi connectivity index (χ0) is 14.4. The van der Waals surface area contributed by atoms with E-state index >= 15 is 0 Å². The van der Waals surface area contributed by atoms with Crippen LogP contribution < -0.4 is 5.32 Å². The van der Waals surface area contributed by atoms with Gasteiger partial charge in [-0.2, -0.15) is 0 Å². The molecule has 7 heteroatoms. The van der Waals surface area contributed by atoms with Gasteiger partial charge in [-0.1, -0.05) is 0 Å². The summed E-state index contributed by atoms with van der Waals surface area (Å²) in [7, 11) is 1.29. The maximum absolute atomic E-state index is 11.9. The van der Waals surface area contributed by atoms with Crippen molar-refractivity contribution in [2.24, 2.45) is 0 Å². The van der Waals surface area contributed by atoms with Gasteiger partial charge in [0, 0.05) is 13.1 Å². The fraction of sp³-hybridized carbons (Fsp3) is 0.538. The molecular weight excluding hydrogens is 260 g/mol. The first-order valence-corrected chi connectivity index (χ1v) is 6.64. The highest BCUT2D eigenvalue weighted by atomic mass is 16.5. The number of amides is 1. The van der Waals surface area contributed by atoms with Gasteiger partial charge in [0.2, 0.25) is 5.91 Å². The van der Waals surface area contributed by atoms with Crippen molar-refractivity contribution in [1.29, 1.82) is 0 Å². The molecule has 1 saturated heterocycles. The highest BCUT2D eigenvalue weighted by Gasteiger charge is 2.16. The lowest BCUT2D eigenvalue weighted by Crippen LogP contribution is -2.39. The van der Waals surface area contributed by atoms with Crippen LogP contribution in [0.5, 0.6) is 0 Å².